The van der Waals surface area contributed by atoms with E-state index in [0.717, 1.165) is 4.90 Å². The van der Waals surface area contributed by atoms with E-state index in [1.54, 1.807) is 19.1 Å². The van der Waals surface area contributed by atoms with Crippen molar-refractivity contribution >= 4 is 51.7 Å². The number of anilines is 2. The third kappa shape index (κ3) is 3.43. The summed E-state index contributed by atoms with van der Waals surface area (Å²) in [6.07, 6.45) is 4.75. The normalized spacial score (nSPS) is 10.9. The van der Waals surface area contributed by atoms with Crippen LogP contribution in [-0.2, 0) is 4.74 Å². The van der Waals surface area contributed by atoms with E-state index >= 15 is 0 Å². The number of aromatic nitrogens is 1. The number of rotatable bonds is 5. The minimum Gasteiger partial charge on any atom is -0.460 e. The lowest BCUT2D eigenvalue weighted by Crippen LogP contribution is -2.06. The first-order valence-corrected chi connectivity index (χ1v) is 8.99. The highest BCUT2D eigenvalue weighted by atomic mass is 35.5. The highest BCUT2D eigenvalue weighted by molar-refractivity contribution is 7.98. The molecule has 0 atom stereocenters. The molecule has 0 fully saturated rings. The molecule has 2 aromatic heterocycles. The lowest BCUT2D eigenvalue weighted by atomic mass is 10.2. The number of ether oxygens (including phenoxy) is 1. The third-order valence-electron chi connectivity index (χ3n) is 3.45. The Balaban J connectivity index is 2.12. The fraction of sp³-hybridized carbons (Fsp3) is 0.176. The van der Waals surface area contributed by atoms with Gasteiger partial charge in [-0.3, -0.25) is 4.98 Å². The third-order valence-corrected chi connectivity index (χ3v) is 4.44. The van der Waals surface area contributed by atoms with Crippen molar-refractivity contribution in [2.45, 2.75) is 11.8 Å². The Morgan fingerprint density at radius 3 is 2.92 bits per heavy atom. The summed E-state index contributed by atoms with van der Waals surface area (Å²) in [6, 6.07) is 4.77. The highest BCUT2D eigenvalue weighted by Gasteiger charge is 2.24. The Labute approximate surface area is 152 Å². The number of halogens is 2. The molecule has 130 valence electrons. The molecule has 3 aromatic rings. The Morgan fingerprint density at radius 2 is 2.24 bits per heavy atom. The van der Waals surface area contributed by atoms with E-state index < -0.39 is 11.8 Å². The summed E-state index contributed by atoms with van der Waals surface area (Å²) in [5, 5.41) is 3.61. The summed E-state index contributed by atoms with van der Waals surface area (Å²) < 4.78 is 24.9. The van der Waals surface area contributed by atoms with E-state index in [1.807, 2.05) is 6.26 Å². The van der Waals surface area contributed by atoms with Crippen LogP contribution in [0, 0.1) is 5.82 Å². The van der Waals surface area contributed by atoms with E-state index in [0.29, 0.717) is 5.39 Å². The lowest BCUT2D eigenvalue weighted by molar-refractivity contribution is 0.0494. The monoisotopic (exact) mass is 380 g/mol. The van der Waals surface area contributed by atoms with Crippen molar-refractivity contribution in [2.75, 3.05) is 18.2 Å². The molecule has 0 aliphatic rings. The smallest absolute Gasteiger partial charge is 0.376 e. The molecule has 1 N–H and O–H groups in total. The zero-order valence-electron chi connectivity index (χ0n) is 13.4. The van der Waals surface area contributed by atoms with E-state index in [1.165, 1.54) is 30.2 Å². The summed E-state index contributed by atoms with van der Waals surface area (Å²) in [6.45, 7) is 1.86. The van der Waals surface area contributed by atoms with Gasteiger partial charge in [-0.25, -0.2) is 9.18 Å². The molecule has 2 heterocycles. The second-order valence-corrected chi connectivity index (χ2v) is 6.28. The van der Waals surface area contributed by atoms with Crippen LogP contribution < -0.4 is 5.32 Å². The standard InChI is InChI=1S/C17H14ClFN2O3S/c1-3-23-17(22)16-14(10-7-20-8-11(18)15(10)24-16)21-13-5-4-9(25-2)6-12(13)19/h4-8,21H,3H2,1-2H3. The number of hydrogen-bond donors (Lipinski definition) is 1. The molecule has 0 bridgehead atoms. The summed E-state index contributed by atoms with van der Waals surface area (Å²) in [4.78, 5) is 17.0. The first kappa shape index (κ1) is 17.6. The second-order valence-electron chi connectivity index (χ2n) is 5.00. The number of fused-ring (bicyclic) bond motifs is 1. The molecule has 3 rings (SSSR count). The van der Waals surface area contributed by atoms with Crippen LogP contribution in [0.2, 0.25) is 5.02 Å². The van der Waals surface area contributed by atoms with Gasteiger partial charge in [0.15, 0.2) is 5.58 Å². The van der Waals surface area contributed by atoms with E-state index in [9.17, 15) is 9.18 Å². The average Bonchev–Trinajstić information content (AvgIpc) is 2.97. The van der Waals surface area contributed by atoms with E-state index in [-0.39, 0.29) is 34.3 Å². The number of pyridine rings is 1. The number of benzene rings is 1. The summed E-state index contributed by atoms with van der Waals surface area (Å²) >= 11 is 7.52. The Hall–Kier alpha value is -2.25. The first-order chi connectivity index (χ1) is 12.0. The maximum atomic E-state index is 14.3. The predicted molar refractivity (Wildman–Crippen MR) is 96.4 cm³/mol. The SMILES string of the molecule is CCOC(=O)c1oc2c(Cl)cncc2c1Nc1ccc(SC)cc1F. The molecule has 0 unspecified atom stereocenters. The van der Waals surface area contributed by atoms with Gasteiger partial charge in [0.05, 0.1) is 17.7 Å². The predicted octanol–water partition coefficient (Wildman–Crippen LogP) is 5.26. The Kier molecular flexibility index (Phi) is 5.15. The van der Waals surface area contributed by atoms with Crippen molar-refractivity contribution in [3.8, 4) is 0 Å². The molecule has 0 radical (unpaired) electrons. The molecule has 25 heavy (non-hydrogen) atoms. The number of esters is 1. The van der Waals surface area contributed by atoms with Crippen molar-refractivity contribution in [3.05, 3.63) is 47.2 Å². The maximum Gasteiger partial charge on any atom is 0.376 e. The summed E-state index contributed by atoms with van der Waals surface area (Å²) in [5.74, 6) is -1.20. The van der Waals surface area contributed by atoms with Crippen LogP contribution in [0.25, 0.3) is 11.0 Å². The number of nitrogens with zero attached hydrogens (tertiary/aromatic N) is 1. The number of hydrogen-bond acceptors (Lipinski definition) is 6. The molecule has 8 heteroatoms. The average molecular weight is 381 g/mol. The molecule has 0 aliphatic heterocycles. The van der Waals surface area contributed by atoms with Crippen molar-refractivity contribution < 1.29 is 18.3 Å². The van der Waals surface area contributed by atoms with Crippen molar-refractivity contribution in [1.82, 2.24) is 4.98 Å². The van der Waals surface area contributed by atoms with Crippen LogP contribution in [0.4, 0.5) is 15.8 Å². The molecule has 0 aliphatic carbocycles. The van der Waals surface area contributed by atoms with Gasteiger partial charge in [-0.1, -0.05) is 11.6 Å². The van der Waals surface area contributed by atoms with Gasteiger partial charge in [-0.05, 0) is 31.4 Å². The van der Waals surface area contributed by atoms with Crippen LogP contribution in [0.15, 0.2) is 39.9 Å². The van der Waals surface area contributed by atoms with Crippen molar-refractivity contribution in [1.29, 1.82) is 0 Å². The zero-order valence-corrected chi connectivity index (χ0v) is 15.0. The van der Waals surface area contributed by atoms with Crippen LogP contribution in [0.1, 0.15) is 17.5 Å². The summed E-state index contributed by atoms with van der Waals surface area (Å²) in [5.41, 5.74) is 0.744. The van der Waals surface area contributed by atoms with Gasteiger partial charge in [-0.15, -0.1) is 11.8 Å². The zero-order chi connectivity index (χ0) is 18.0. The van der Waals surface area contributed by atoms with Crippen LogP contribution >= 0.6 is 23.4 Å². The van der Waals surface area contributed by atoms with Gasteiger partial charge < -0.3 is 14.5 Å². The van der Waals surface area contributed by atoms with Crippen LogP contribution in [0.3, 0.4) is 0 Å². The van der Waals surface area contributed by atoms with Gasteiger partial charge in [0, 0.05) is 17.3 Å². The quantitative estimate of drug-likeness (QED) is 0.481. The number of nitrogens with one attached hydrogen (secondary N) is 1. The van der Waals surface area contributed by atoms with Gasteiger partial charge in [0.25, 0.3) is 0 Å². The van der Waals surface area contributed by atoms with Crippen LogP contribution in [-0.4, -0.2) is 23.8 Å². The van der Waals surface area contributed by atoms with Crippen molar-refractivity contribution in [2.24, 2.45) is 0 Å². The van der Waals surface area contributed by atoms with Gasteiger partial charge >= 0.3 is 5.97 Å². The first-order valence-electron chi connectivity index (χ1n) is 7.38. The minimum atomic E-state index is -0.668. The fourth-order valence-corrected chi connectivity index (χ4v) is 2.93. The maximum absolute atomic E-state index is 14.3. The highest BCUT2D eigenvalue weighted by Crippen LogP contribution is 2.37. The topological polar surface area (TPSA) is 64.4 Å². The van der Waals surface area contributed by atoms with Crippen molar-refractivity contribution in [3.63, 3.8) is 0 Å². The number of carbonyl (C=O) groups excluding carboxylic acids is 1. The Bertz CT molecular complexity index is 945. The van der Waals surface area contributed by atoms with E-state index in [2.05, 4.69) is 10.3 Å². The second kappa shape index (κ2) is 7.33. The number of furan rings is 1. The molecular weight excluding hydrogens is 367 g/mol. The number of thioether (sulfide) groups is 1. The number of carbonyl (C=O) groups is 1. The van der Waals surface area contributed by atoms with Crippen LogP contribution in [0.5, 0.6) is 0 Å². The minimum absolute atomic E-state index is 0.0832. The molecule has 0 saturated carbocycles. The summed E-state index contributed by atoms with van der Waals surface area (Å²) in [7, 11) is 0. The van der Waals surface area contributed by atoms with Gasteiger partial charge in [0.1, 0.15) is 16.5 Å². The molecule has 5 nitrogen and oxygen atoms in total. The lowest BCUT2D eigenvalue weighted by Gasteiger charge is -2.09. The molecular formula is C17H14ClFN2O3S. The van der Waals surface area contributed by atoms with Gasteiger partial charge in [0.2, 0.25) is 5.76 Å². The largest absolute Gasteiger partial charge is 0.460 e. The Morgan fingerprint density at radius 1 is 1.44 bits per heavy atom. The molecule has 0 saturated heterocycles. The fourth-order valence-electron chi connectivity index (χ4n) is 2.30. The molecule has 0 spiro atoms. The van der Waals surface area contributed by atoms with Gasteiger partial charge in [-0.2, -0.15) is 0 Å². The molecule has 1 aromatic carbocycles. The van der Waals surface area contributed by atoms with E-state index in [4.69, 9.17) is 20.8 Å². The molecule has 0 amide bonds.